The first-order valence-electron chi connectivity index (χ1n) is 5.25. The van der Waals surface area contributed by atoms with Crippen molar-refractivity contribution in [3.63, 3.8) is 0 Å². The van der Waals surface area contributed by atoms with Crippen molar-refractivity contribution in [2.75, 3.05) is 0 Å². The third-order valence-electron chi connectivity index (χ3n) is 2.53. The smallest absolute Gasteiger partial charge is 0.256 e. The fourth-order valence-corrected chi connectivity index (χ4v) is 1.76. The first-order chi connectivity index (χ1) is 7.91. The molecule has 0 spiro atoms. The predicted molar refractivity (Wildman–Crippen MR) is 58.7 cm³/mol. The molecule has 0 saturated heterocycles. The lowest BCUT2D eigenvalue weighted by Gasteiger charge is -2.09. The van der Waals surface area contributed by atoms with Gasteiger partial charge in [-0.05, 0) is 25.5 Å². The standard InChI is InChI=1S/C12H11F3N2/c1-3-10-11-8(4-7(2)17-10)5-9(6-16-11)12(13,14)15/h4-6H,3H2,1-2H3. The van der Waals surface area contributed by atoms with Crippen molar-refractivity contribution in [1.29, 1.82) is 0 Å². The number of halogens is 3. The zero-order valence-corrected chi connectivity index (χ0v) is 9.47. The summed E-state index contributed by atoms with van der Waals surface area (Å²) in [5.41, 5.74) is 1.26. The molecule has 0 atom stereocenters. The van der Waals surface area contributed by atoms with Crippen LogP contribution in [0.25, 0.3) is 10.9 Å². The minimum atomic E-state index is -4.36. The molecule has 0 radical (unpaired) electrons. The van der Waals surface area contributed by atoms with Crippen LogP contribution in [-0.2, 0) is 12.6 Å². The van der Waals surface area contributed by atoms with Crippen LogP contribution in [0.1, 0.15) is 23.9 Å². The lowest BCUT2D eigenvalue weighted by Crippen LogP contribution is -2.06. The lowest BCUT2D eigenvalue weighted by molar-refractivity contribution is -0.137. The van der Waals surface area contributed by atoms with Gasteiger partial charge in [0.05, 0.1) is 16.8 Å². The second kappa shape index (κ2) is 3.98. The van der Waals surface area contributed by atoms with Gasteiger partial charge in [-0.2, -0.15) is 13.2 Å². The maximum atomic E-state index is 12.5. The minimum absolute atomic E-state index is 0.490. The minimum Gasteiger partial charge on any atom is -0.256 e. The molecule has 0 N–H and O–H groups in total. The zero-order valence-electron chi connectivity index (χ0n) is 9.47. The van der Waals surface area contributed by atoms with E-state index in [2.05, 4.69) is 9.97 Å². The van der Waals surface area contributed by atoms with Crippen molar-refractivity contribution in [2.45, 2.75) is 26.4 Å². The van der Waals surface area contributed by atoms with Crippen molar-refractivity contribution < 1.29 is 13.2 Å². The average Bonchev–Trinajstić information content (AvgIpc) is 2.25. The summed E-state index contributed by atoms with van der Waals surface area (Å²) in [6.45, 7) is 3.67. The Balaban J connectivity index is 2.70. The summed E-state index contributed by atoms with van der Waals surface area (Å²) in [6, 6.07) is 2.74. The number of hydrogen-bond acceptors (Lipinski definition) is 2. The van der Waals surface area contributed by atoms with Crippen molar-refractivity contribution in [3.8, 4) is 0 Å². The molecule has 2 aromatic heterocycles. The molecule has 2 rings (SSSR count). The summed E-state index contributed by atoms with van der Waals surface area (Å²) in [6.07, 6.45) is -2.85. The number of hydrogen-bond donors (Lipinski definition) is 0. The molecule has 0 bridgehead atoms. The van der Waals surface area contributed by atoms with E-state index in [9.17, 15) is 13.2 Å². The Morgan fingerprint density at radius 3 is 2.53 bits per heavy atom. The molecule has 0 aliphatic carbocycles. The number of nitrogens with zero attached hydrogens (tertiary/aromatic N) is 2. The Morgan fingerprint density at radius 2 is 1.94 bits per heavy atom. The number of pyridine rings is 2. The van der Waals surface area contributed by atoms with Crippen LogP contribution in [0, 0.1) is 6.92 Å². The highest BCUT2D eigenvalue weighted by atomic mass is 19.4. The molecule has 2 heterocycles. The molecule has 0 unspecified atom stereocenters. The van der Waals surface area contributed by atoms with Gasteiger partial charge < -0.3 is 0 Å². The molecule has 0 aliphatic rings. The van der Waals surface area contributed by atoms with Gasteiger partial charge in [0.25, 0.3) is 0 Å². The SMILES string of the molecule is CCc1nc(C)cc2cc(C(F)(F)F)cnc12. The number of alkyl halides is 3. The third-order valence-corrected chi connectivity index (χ3v) is 2.53. The van der Waals surface area contributed by atoms with Crippen LogP contribution in [0.5, 0.6) is 0 Å². The van der Waals surface area contributed by atoms with Gasteiger partial charge in [-0.1, -0.05) is 6.92 Å². The Morgan fingerprint density at radius 1 is 1.24 bits per heavy atom. The lowest BCUT2D eigenvalue weighted by atomic mass is 10.1. The van der Waals surface area contributed by atoms with Crippen molar-refractivity contribution in [2.24, 2.45) is 0 Å². The van der Waals surface area contributed by atoms with Gasteiger partial charge in [-0.3, -0.25) is 9.97 Å². The van der Waals surface area contributed by atoms with E-state index < -0.39 is 11.7 Å². The van der Waals surface area contributed by atoms with Crippen molar-refractivity contribution in [1.82, 2.24) is 9.97 Å². The molecule has 2 aromatic rings. The van der Waals surface area contributed by atoms with Gasteiger partial charge in [0, 0.05) is 17.3 Å². The van der Waals surface area contributed by atoms with E-state index in [4.69, 9.17) is 0 Å². The van der Waals surface area contributed by atoms with Crippen molar-refractivity contribution in [3.05, 3.63) is 35.3 Å². The number of aryl methyl sites for hydroxylation is 2. The zero-order chi connectivity index (χ0) is 12.6. The van der Waals surface area contributed by atoms with E-state index in [1.54, 1.807) is 13.0 Å². The van der Waals surface area contributed by atoms with Crippen LogP contribution < -0.4 is 0 Å². The highest BCUT2D eigenvalue weighted by molar-refractivity contribution is 5.81. The molecule has 17 heavy (non-hydrogen) atoms. The Labute approximate surface area is 96.5 Å². The van der Waals surface area contributed by atoms with Gasteiger partial charge in [0.15, 0.2) is 0 Å². The maximum Gasteiger partial charge on any atom is 0.417 e. The van der Waals surface area contributed by atoms with Crippen LogP contribution in [0.4, 0.5) is 13.2 Å². The fraction of sp³-hybridized carbons (Fsp3) is 0.333. The summed E-state index contributed by atoms with van der Waals surface area (Å²) in [5, 5.41) is 0.490. The first kappa shape index (κ1) is 11.8. The summed E-state index contributed by atoms with van der Waals surface area (Å²) in [4.78, 5) is 8.14. The second-order valence-corrected chi connectivity index (χ2v) is 3.86. The predicted octanol–water partition coefficient (Wildman–Crippen LogP) is 3.52. The maximum absolute atomic E-state index is 12.5. The van der Waals surface area contributed by atoms with E-state index in [-0.39, 0.29) is 0 Å². The molecule has 0 fully saturated rings. The fourth-order valence-electron chi connectivity index (χ4n) is 1.76. The van der Waals surface area contributed by atoms with Gasteiger partial charge in [0.1, 0.15) is 0 Å². The Kier molecular flexibility index (Phi) is 2.77. The molecule has 0 aromatic carbocycles. The Hall–Kier alpha value is -1.65. The van der Waals surface area contributed by atoms with E-state index in [1.165, 1.54) is 0 Å². The quantitative estimate of drug-likeness (QED) is 0.762. The normalized spacial score (nSPS) is 12.1. The molecule has 5 heteroatoms. The van der Waals surface area contributed by atoms with Crippen LogP contribution in [0.2, 0.25) is 0 Å². The highest BCUT2D eigenvalue weighted by Gasteiger charge is 2.31. The largest absolute Gasteiger partial charge is 0.417 e. The summed E-state index contributed by atoms with van der Waals surface area (Å²) < 4.78 is 37.6. The number of fused-ring (bicyclic) bond motifs is 1. The van der Waals surface area contributed by atoms with Gasteiger partial charge >= 0.3 is 6.18 Å². The van der Waals surface area contributed by atoms with E-state index in [0.717, 1.165) is 18.0 Å². The monoisotopic (exact) mass is 240 g/mol. The molecular formula is C12H11F3N2. The first-order valence-corrected chi connectivity index (χ1v) is 5.25. The molecule has 2 nitrogen and oxygen atoms in total. The van der Waals surface area contributed by atoms with Crippen LogP contribution in [0.3, 0.4) is 0 Å². The van der Waals surface area contributed by atoms with Crippen LogP contribution in [0.15, 0.2) is 18.3 Å². The summed E-state index contributed by atoms with van der Waals surface area (Å²) in [7, 11) is 0. The van der Waals surface area contributed by atoms with Crippen LogP contribution >= 0.6 is 0 Å². The average molecular weight is 240 g/mol. The van der Waals surface area contributed by atoms with Crippen LogP contribution in [-0.4, -0.2) is 9.97 Å². The topological polar surface area (TPSA) is 25.8 Å². The van der Waals surface area contributed by atoms with Gasteiger partial charge in [0.2, 0.25) is 0 Å². The highest BCUT2D eigenvalue weighted by Crippen LogP contribution is 2.31. The van der Waals surface area contributed by atoms with E-state index >= 15 is 0 Å². The number of aromatic nitrogens is 2. The molecule has 90 valence electrons. The number of rotatable bonds is 1. The molecule has 0 saturated carbocycles. The molecule has 0 aliphatic heterocycles. The molecular weight excluding hydrogens is 229 g/mol. The Bertz CT molecular complexity index is 561. The second-order valence-electron chi connectivity index (χ2n) is 3.86. The summed E-state index contributed by atoms with van der Waals surface area (Å²) in [5.74, 6) is 0. The van der Waals surface area contributed by atoms with E-state index in [1.807, 2.05) is 6.92 Å². The third kappa shape index (κ3) is 2.23. The van der Waals surface area contributed by atoms with Gasteiger partial charge in [-0.25, -0.2) is 0 Å². The molecule has 0 amide bonds. The van der Waals surface area contributed by atoms with E-state index in [0.29, 0.717) is 23.0 Å². The summed E-state index contributed by atoms with van der Waals surface area (Å²) >= 11 is 0. The van der Waals surface area contributed by atoms with Gasteiger partial charge in [-0.15, -0.1) is 0 Å². The van der Waals surface area contributed by atoms with Crippen molar-refractivity contribution >= 4 is 10.9 Å².